The fraction of sp³-hybridized carbons (Fsp3) is 0.143. The van der Waals surface area contributed by atoms with Crippen LogP contribution < -0.4 is 10.9 Å². The molecule has 0 radical (unpaired) electrons. The molecule has 1 amide bonds. The molecule has 0 unspecified atom stereocenters. The number of rotatable bonds is 5. The lowest BCUT2D eigenvalue weighted by atomic mass is 10.0. The average molecular weight is 391 g/mol. The summed E-state index contributed by atoms with van der Waals surface area (Å²) in [5.74, 6) is -0.662. The van der Waals surface area contributed by atoms with E-state index in [4.69, 9.17) is 0 Å². The third-order valence-electron chi connectivity index (χ3n) is 4.56. The summed E-state index contributed by atoms with van der Waals surface area (Å²) >= 11 is 0. The third-order valence-corrected chi connectivity index (χ3v) is 4.56. The zero-order chi connectivity index (χ0) is 20.4. The van der Waals surface area contributed by atoms with Gasteiger partial charge >= 0.3 is 0 Å². The van der Waals surface area contributed by atoms with Crippen molar-refractivity contribution in [3.63, 3.8) is 0 Å². The van der Waals surface area contributed by atoms with E-state index in [1.807, 2.05) is 6.92 Å². The number of H-pyrrole nitrogens is 1. The van der Waals surface area contributed by atoms with Crippen LogP contribution in [0.4, 0.5) is 4.39 Å². The molecule has 4 rings (SSSR count). The predicted molar refractivity (Wildman–Crippen MR) is 105 cm³/mol. The molecule has 8 heteroatoms. The first kappa shape index (κ1) is 18.5. The maximum Gasteiger partial charge on any atom is 0.272 e. The molecule has 0 aliphatic carbocycles. The first-order valence-electron chi connectivity index (χ1n) is 9.04. The van der Waals surface area contributed by atoms with Crippen LogP contribution in [0.2, 0.25) is 0 Å². The first-order valence-corrected chi connectivity index (χ1v) is 9.04. The Balaban J connectivity index is 1.67. The van der Waals surface area contributed by atoms with Crippen LogP contribution in [-0.2, 0) is 6.42 Å². The van der Waals surface area contributed by atoms with E-state index in [-0.39, 0.29) is 23.7 Å². The smallest absolute Gasteiger partial charge is 0.272 e. The van der Waals surface area contributed by atoms with E-state index in [0.29, 0.717) is 22.5 Å². The minimum Gasteiger partial charge on any atom is -0.345 e. The highest BCUT2D eigenvalue weighted by Gasteiger charge is 2.18. The molecule has 0 saturated carbocycles. The summed E-state index contributed by atoms with van der Waals surface area (Å²) in [5, 5.41) is 5.87. The van der Waals surface area contributed by atoms with Crippen LogP contribution in [0.15, 0.2) is 65.7 Å². The molecule has 0 bridgehead atoms. The highest BCUT2D eigenvalue weighted by atomic mass is 19.1. The number of nitrogens with zero attached hydrogens (tertiary/aromatic N) is 3. The summed E-state index contributed by atoms with van der Waals surface area (Å²) in [7, 11) is 0. The molecule has 146 valence electrons. The average Bonchev–Trinajstić information content (AvgIpc) is 3.09. The molecule has 0 fully saturated rings. The number of aryl methyl sites for hydroxylation is 1. The molecule has 4 aromatic rings. The maximum absolute atomic E-state index is 13.4. The van der Waals surface area contributed by atoms with Crippen LogP contribution in [0.25, 0.3) is 5.65 Å². The van der Waals surface area contributed by atoms with Gasteiger partial charge < -0.3 is 5.32 Å². The van der Waals surface area contributed by atoms with Gasteiger partial charge in [0.1, 0.15) is 5.82 Å². The Morgan fingerprint density at radius 3 is 2.62 bits per heavy atom. The van der Waals surface area contributed by atoms with Gasteiger partial charge in [-0.25, -0.2) is 13.9 Å². The molecule has 3 heterocycles. The Labute approximate surface area is 165 Å². The van der Waals surface area contributed by atoms with Crippen molar-refractivity contribution in [2.45, 2.75) is 19.4 Å². The molecule has 0 aliphatic rings. The van der Waals surface area contributed by atoms with Gasteiger partial charge in [0.25, 0.3) is 11.5 Å². The molecule has 1 atom stereocenters. The zero-order valence-corrected chi connectivity index (χ0v) is 15.6. The minimum atomic E-state index is -0.495. The number of aromatic amines is 1. The molecule has 7 nitrogen and oxygen atoms in total. The topological polar surface area (TPSA) is 92.2 Å². The summed E-state index contributed by atoms with van der Waals surface area (Å²) in [6, 6.07) is 11.8. The van der Waals surface area contributed by atoms with Crippen molar-refractivity contribution in [3.8, 4) is 0 Å². The summed E-state index contributed by atoms with van der Waals surface area (Å²) in [6.45, 7) is 1.84. The Morgan fingerprint density at radius 2 is 1.90 bits per heavy atom. The van der Waals surface area contributed by atoms with E-state index in [9.17, 15) is 14.0 Å². The van der Waals surface area contributed by atoms with Crippen LogP contribution >= 0.6 is 0 Å². The summed E-state index contributed by atoms with van der Waals surface area (Å²) in [5.41, 5.74) is 2.77. The molecular weight excluding hydrogens is 373 g/mol. The van der Waals surface area contributed by atoms with E-state index in [0.717, 1.165) is 5.69 Å². The van der Waals surface area contributed by atoms with E-state index >= 15 is 0 Å². The van der Waals surface area contributed by atoms with Crippen LogP contribution in [0.5, 0.6) is 0 Å². The molecule has 0 aliphatic heterocycles. The van der Waals surface area contributed by atoms with E-state index < -0.39 is 6.04 Å². The van der Waals surface area contributed by atoms with Crippen molar-refractivity contribution in [1.82, 2.24) is 24.9 Å². The second-order valence-electron chi connectivity index (χ2n) is 6.74. The SMILES string of the molecule is Cc1cc2nc(C[C@@H](NC(=O)c3ccncc3)c3ccc(F)cc3)cc(=O)n2[nH]1. The largest absolute Gasteiger partial charge is 0.345 e. The lowest BCUT2D eigenvalue weighted by Crippen LogP contribution is -2.30. The van der Waals surface area contributed by atoms with Gasteiger partial charge in [-0.15, -0.1) is 0 Å². The quantitative estimate of drug-likeness (QED) is 0.547. The fourth-order valence-corrected chi connectivity index (χ4v) is 3.17. The third kappa shape index (κ3) is 4.06. The van der Waals surface area contributed by atoms with Gasteiger partial charge in [0, 0.05) is 42.2 Å². The monoisotopic (exact) mass is 391 g/mol. The Morgan fingerprint density at radius 1 is 1.17 bits per heavy atom. The predicted octanol–water partition coefficient (Wildman–Crippen LogP) is 2.58. The van der Waals surface area contributed by atoms with Crippen molar-refractivity contribution in [2.75, 3.05) is 0 Å². The number of carbonyl (C=O) groups excluding carboxylic acids is 1. The Hall–Kier alpha value is -3.81. The number of hydrogen-bond acceptors (Lipinski definition) is 4. The molecular formula is C21H18FN5O2. The fourth-order valence-electron chi connectivity index (χ4n) is 3.17. The van der Waals surface area contributed by atoms with Gasteiger partial charge in [-0.05, 0) is 36.8 Å². The van der Waals surface area contributed by atoms with Gasteiger partial charge in [-0.3, -0.25) is 19.7 Å². The van der Waals surface area contributed by atoms with Gasteiger partial charge in [-0.2, -0.15) is 0 Å². The van der Waals surface area contributed by atoms with Crippen LogP contribution in [0.3, 0.4) is 0 Å². The van der Waals surface area contributed by atoms with Crippen molar-refractivity contribution in [2.24, 2.45) is 0 Å². The highest BCUT2D eigenvalue weighted by molar-refractivity contribution is 5.94. The number of halogens is 1. The lowest BCUT2D eigenvalue weighted by molar-refractivity contribution is 0.0936. The second-order valence-corrected chi connectivity index (χ2v) is 6.74. The maximum atomic E-state index is 13.4. The molecule has 3 aromatic heterocycles. The lowest BCUT2D eigenvalue weighted by Gasteiger charge is -2.19. The Bertz CT molecular complexity index is 1220. The minimum absolute atomic E-state index is 0.239. The number of aromatic nitrogens is 4. The second kappa shape index (κ2) is 7.67. The molecule has 0 spiro atoms. The van der Waals surface area contributed by atoms with Gasteiger partial charge in [0.05, 0.1) is 11.7 Å². The molecule has 29 heavy (non-hydrogen) atoms. The number of nitrogens with one attached hydrogen (secondary N) is 2. The first-order chi connectivity index (χ1) is 14.0. The summed E-state index contributed by atoms with van der Waals surface area (Å²) in [6.07, 6.45) is 3.34. The number of hydrogen-bond donors (Lipinski definition) is 2. The molecule has 1 aromatic carbocycles. The highest BCUT2D eigenvalue weighted by Crippen LogP contribution is 2.19. The van der Waals surface area contributed by atoms with Crippen LogP contribution in [-0.4, -0.2) is 25.5 Å². The van der Waals surface area contributed by atoms with E-state index in [2.05, 4.69) is 20.4 Å². The van der Waals surface area contributed by atoms with Crippen molar-refractivity contribution in [3.05, 3.63) is 99.6 Å². The van der Waals surface area contributed by atoms with Gasteiger partial charge in [0.2, 0.25) is 0 Å². The van der Waals surface area contributed by atoms with Crippen LogP contribution in [0.1, 0.15) is 33.4 Å². The van der Waals surface area contributed by atoms with Gasteiger partial charge in [-0.1, -0.05) is 12.1 Å². The molecule has 0 saturated heterocycles. The number of amides is 1. The number of pyridine rings is 1. The molecule has 2 N–H and O–H groups in total. The van der Waals surface area contributed by atoms with E-state index in [1.54, 1.807) is 30.3 Å². The summed E-state index contributed by atoms with van der Waals surface area (Å²) < 4.78 is 14.7. The number of fused-ring (bicyclic) bond motifs is 1. The van der Waals surface area contributed by atoms with Crippen molar-refractivity contribution in [1.29, 1.82) is 0 Å². The van der Waals surface area contributed by atoms with Gasteiger partial charge in [0.15, 0.2) is 5.65 Å². The summed E-state index contributed by atoms with van der Waals surface area (Å²) in [4.78, 5) is 33.5. The Kier molecular flexibility index (Phi) is 4.90. The van der Waals surface area contributed by atoms with Crippen molar-refractivity contribution < 1.29 is 9.18 Å². The number of carbonyl (C=O) groups is 1. The standard InChI is InChI=1S/C21H18FN5O2/c1-13-10-19-24-17(12-20(28)27(19)26-13)11-18(14-2-4-16(22)5-3-14)25-21(29)15-6-8-23-9-7-15/h2-10,12,18,26H,11H2,1H3,(H,25,29)/t18-/m1/s1. The van der Waals surface area contributed by atoms with Crippen LogP contribution in [0, 0.1) is 12.7 Å². The number of benzene rings is 1. The van der Waals surface area contributed by atoms with E-state index in [1.165, 1.54) is 35.1 Å². The van der Waals surface area contributed by atoms with Crippen molar-refractivity contribution >= 4 is 11.6 Å². The normalized spacial score (nSPS) is 12.1. The zero-order valence-electron chi connectivity index (χ0n) is 15.6.